The third-order valence-electron chi connectivity index (χ3n) is 6.48. The SMILES string of the molecule is O=c1[nH]c2cc3c(cc2cc1CN(Cc1ccccc1)Cc1nnnn1CCc1ccccc1)OCO3. The average molecular weight is 495 g/mol. The first kappa shape index (κ1) is 22.9. The van der Waals surface area contributed by atoms with Crippen molar-refractivity contribution in [2.45, 2.75) is 32.6 Å². The first-order chi connectivity index (χ1) is 18.2. The van der Waals surface area contributed by atoms with E-state index in [-0.39, 0.29) is 12.4 Å². The molecular weight excluding hydrogens is 468 g/mol. The van der Waals surface area contributed by atoms with Gasteiger partial charge in [-0.3, -0.25) is 9.69 Å². The number of aromatic amines is 1. The summed E-state index contributed by atoms with van der Waals surface area (Å²) < 4.78 is 12.8. The highest BCUT2D eigenvalue weighted by Gasteiger charge is 2.18. The van der Waals surface area contributed by atoms with E-state index >= 15 is 0 Å². The van der Waals surface area contributed by atoms with Crippen LogP contribution in [-0.2, 0) is 32.6 Å². The number of rotatable bonds is 9. The van der Waals surface area contributed by atoms with Crippen molar-refractivity contribution in [2.24, 2.45) is 0 Å². The van der Waals surface area contributed by atoms with E-state index in [0.29, 0.717) is 43.2 Å². The Hall–Kier alpha value is -4.50. The van der Waals surface area contributed by atoms with Crippen LogP contribution < -0.4 is 15.0 Å². The molecule has 0 unspecified atom stereocenters. The van der Waals surface area contributed by atoms with Gasteiger partial charge < -0.3 is 14.5 Å². The molecule has 2 aromatic heterocycles. The van der Waals surface area contributed by atoms with E-state index in [2.05, 4.69) is 49.7 Å². The second kappa shape index (κ2) is 10.2. The van der Waals surface area contributed by atoms with E-state index < -0.39 is 0 Å². The van der Waals surface area contributed by atoms with Crippen molar-refractivity contribution >= 4 is 10.9 Å². The van der Waals surface area contributed by atoms with E-state index in [9.17, 15) is 4.79 Å². The molecule has 0 bridgehead atoms. The molecule has 0 saturated carbocycles. The minimum Gasteiger partial charge on any atom is -0.454 e. The summed E-state index contributed by atoms with van der Waals surface area (Å²) in [6, 6.07) is 26.1. The van der Waals surface area contributed by atoms with Crippen molar-refractivity contribution in [2.75, 3.05) is 6.79 Å². The molecule has 5 aromatic rings. The van der Waals surface area contributed by atoms with Gasteiger partial charge in [-0.1, -0.05) is 60.7 Å². The van der Waals surface area contributed by atoms with Crippen LogP contribution in [-0.4, -0.2) is 36.9 Å². The maximum Gasteiger partial charge on any atom is 0.252 e. The minimum absolute atomic E-state index is 0.131. The molecule has 6 rings (SSSR count). The number of benzene rings is 3. The molecule has 0 amide bonds. The lowest BCUT2D eigenvalue weighted by molar-refractivity contribution is 0.174. The Bertz CT molecular complexity index is 1570. The molecule has 9 heteroatoms. The molecule has 1 aliphatic heterocycles. The van der Waals surface area contributed by atoms with Crippen LogP contribution in [0.1, 0.15) is 22.5 Å². The van der Waals surface area contributed by atoms with E-state index in [1.54, 1.807) is 0 Å². The summed E-state index contributed by atoms with van der Waals surface area (Å²) >= 11 is 0. The van der Waals surface area contributed by atoms with Gasteiger partial charge in [0.1, 0.15) is 0 Å². The zero-order valence-corrected chi connectivity index (χ0v) is 20.2. The van der Waals surface area contributed by atoms with Gasteiger partial charge in [0.2, 0.25) is 6.79 Å². The highest BCUT2D eigenvalue weighted by Crippen LogP contribution is 2.35. The second-order valence-electron chi connectivity index (χ2n) is 9.10. The smallest absolute Gasteiger partial charge is 0.252 e. The Morgan fingerprint density at radius 2 is 1.59 bits per heavy atom. The molecule has 186 valence electrons. The summed E-state index contributed by atoms with van der Waals surface area (Å²) in [5.74, 6) is 2.08. The van der Waals surface area contributed by atoms with Crippen LogP contribution in [0.15, 0.2) is 83.7 Å². The summed E-state index contributed by atoms with van der Waals surface area (Å²) in [6.45, 7) is 2.43. The highest BCUT2D eigenvalue weighted by atomic mass is 16.7. The van der Waals surface area contributed by atoms with Gasteiger partial charge in [-0.15, -0.1) is 5.10 Å². The Balaban J connectivity index is 1.26. The first-order valence-electron chi connectivity index (χ1n) is 12.2. The normalized spacial score (nSPS) is 12.5. The van der Waals surface area contributed by atoms with Crippen molar-refractivity contribution < 1.29 is 9.47 Å². The van der Waals surface area contributed by atoms with Gasteiger partial charge in [0, 0.05) is 36.7 Å². The number of nitrogens with one attached hydrogen (secondary N) is 1. The molecule has 1 N–H and O–H groups in total. The average Bonchev–Trinajstić information content (AvgIpc) is 3.56. The van der Waals surface area contributed by atoms with Gasteiger partial charge in [-0.05, 0) is 40.1 Å². The molecule has 0 atom stereocenters. The second-order valence-corrected chi connectivity index (χ2v) is 9.10. The van der Waals surface area contributed by atoms with Crippen molar-refractivity contribution in [1.82, 2.24) is 30.1 Å². The molecule has 37 heavy (non-hydrogen) atoms. The number of aryl methyl sites for hydroxylation is 2. The minimum atomic E-state index is -0.131. The number of H-pyrrole nitrogens is 1. The lowest BCUT2D eigenvalue weighted by atomic mass is 10.1. The number of aromatic nitrogens is 5. The lowest BCUT2D eigenvalue weighted by Crippen LogP contribution is -2.28. The van der Waals surface area contributed by atoms with Crippen LogP contribution in [0, 0.1) is 0 Å². The van der Waals surface area contributed by atoms with Crippen molar-refractivity contribution in [3.8, 4) is 11.5 Å². The number of nitrogens with zero attached hydrogens (tertiary/aromatic N) is 5. The fraction of sp³-hybridized carbons (Fsp3) is 0.214. The summed E-state index contributed by atoms with van der Waals surface area (Å²) in [6.07, 6.45) is 0.831. The van der Waals surface area contributed by atoms with Crippen LogP contribution >= 0.6 is 0 Å². The Morgan fingerprint density at radius 1 is 0.865 bits per heavy atom. The van der Waals surface area contributed by atoms with E-state index in [0.717, 1.165) is 28.7 Å². The van der Waals surface area contributed by atoms with Gasteiger partial charge in [0.05, 0.1) is 12.1 Å². The zero-order chi connectivity index (χ0) is 25.0. The van der Waals surface area contributed by atoms with Gasteiger partial charge in [0.15, 0.2) is 17.3 Å². The molecule has 0 radical (unpaired) electrons. The predicted octanol–water partition coefficient (Wildman–Crippen LogP) is 3.69. The summed E-state index contributed by atoms with van der Waals surface area (Å²) in [5, 5.41) is 13.4. The molecule has 9 nitrogen and oxygen atoms in total. The number of hydrogen-bond donors (Lipinski definition) is 1. The Labute approximate surface area is 213 Å². The quantitative estimate of drug-likeness (QED) is 0.334. The molecule has 3 heterocycles. The van der Waals surface area contributed by atoms with Crippen LogP contribution in [0.4, 0.5) is 0 Å². The molecule has 0 spiro atoms. The zero-order valence-electron chi connectivity index (χ0n) is 20.2. The Kier molecular flexibility index (Phi) is 6.35. The van der Waals surface area contributed by atoms with E-state index in [1.165, 1.54) is 5.56 Å². The number of tetrazole rings is 1. The number of ether oxygens (including phenoxy) is 2. The van der Waals surface area contributed by atoms with Crippen molar-refractivity contribution in [3.63, 3.8) is 0 Å². The predicted molar refractivity (Wildman–Crippen MR) is 138 cm³/mol. The van der Waals surface area contributed by atoms with Crippen LogP contribution in [0.25, 0.3) is 10.9 Å². The van der Waals surface area contributed by atoms with Gasteiger partial charge in [0.25, 0.3) is 5.56 Å². The third kappa shape index (κ3) is 5.22. The Morgan fingerprint density at radius 3 is 2.38 bits per heavy atom. The van der Waals surface area contributed by atoms with Gasteiger partial charge >= 0.3 is 0 Å². The largest absolute Gasteiger partial charge is 0.454 e. The summed E-state index contributed by atoms with van der Waals surface area (Å²) in [7, 11) is 0. The standard InChI is InChI=1S/C28H26N6O3/c35-28-23(13-22-14-25-26(37-19-36-25)15-24(22)29-28)17-33(16-21-9-5-2-6-10-21)18-27-30-31-32-34(27)12-11-20-7-3-1-4-8-20/h1-10,13-15H,11-12,16-19H2,(H,29,35). The molecular formula is C28H26N6O3. The molecule has 3 aromatic carbocycles. The molecule has 0 fully saturated rings. The molecule has 0 saturated heterocycles. The fourth-order valence-corrected chi connectivity index (χ4v) is 4.60. The van der Waals surface area contributed by atoms with Crippen LogP contribution in [0.2, 0.25) is 0 Å². The van der Waals surface area contributed by atoms with Crippen molar-refractivity contribution in [3.05, 3.63) is 112 Å². The summed E-state index contributed by atoms with van der Waals surface area (Å²) in [5.41, 5.74) is 3.62. The van der Waals surface area contributed by atoms with E-state index in [4.69, 9.17) is 9.47 Å². The molecule has 0 aliphatic carbocycles. The van der Waals surface area contributed by atoms with Gasteiger partial charge in [-0.2, -0.15) is 0 Å². The topological polar surface area (TPSA) is 98.2 Å². The fourth-order valence-electron chi connectivity index (χ4n) is 4.60. The highest BCUT2D eigenvalue weighted by molar-refractivity contribution is 5.83. The van der Waals surface area contributed by atoms with Crippen LogP contribution in [0.5, 0.6) is 11.5 Å². The lowest BCUT2D eigenvalue weighted by Gasteiger charge is -2.22. The third-order valence-corrected chi connectivity index (χ3v) is 6.48. The maximum atomic E-state index is 13.1. The van der Waals surface area contributed by atoms with E-state index in [1.807, 2.05) is 59.3 Å². The van der Waals surface area contributed by atoms with Gasteiger partial charge in [-0.25, -0.2) is 4.68 Å². The number of hydrogen-bond acceptors (Lipinski definition) is 7. The summed E-state index contributed by atoms with van der Waals surface area (Å²) in [4.78, 5) is 18.2. The van der Waals surface area contributed by atoms with Crippen LogP contribution in [0.3, 0.4) is 0 Å². The number of fused-ring (bicyclic) bond motifs is 2. The van der Waals surface area contributed by atoms with Crippen molar-refractivity contribution in [1.29, 1.82) is 0 Å². The monoisotopic (exact) mass is 494 g/mol. The first-order valence-corrected chi connectivity index (χ1v) is 12.2. The molecule has 1 aliphatic rings. The number of pyridine rings is 1. The maximum absolute atomic E-state index is 13.1.